The normalized spacial score (nSPS) is 12.1. The van der Waals surface area contributed by atoms with E-state index in [2.05, 4.69) is 20.7 Å². The minimum absolute atomic E-state index is 0.0209. The molecule has 0 saturated heterocycles. The molecule has 2 rings (SSSR count). The third-order valence-corrected chi connectivity index (χ3v) is 4.34. The van der Waals surface area contributed by atoms with Gasteiger partial charge in [-0.3, -0.25) is 4.68 Å². The lowest BCUT2D eigenvalue weighted by atomic mass is 10.2. The van der Waals surface area contributed by atoms with Crippen LogP contribution in [0.5, 0.6) is 0 Å². The molecule has 2 amide bonds. The average molecular weight is 321 g/mol. The summed E-state index contributed by atoms with van der Waals surface area (Å²) in [5.74, 6) is 0. The van der Waals surface area contributed by atoms with E-state index >= 15 is 0 Å². The van der Waals surface area contributed by atoms with Gasteiger partial charge < -0.3 is 10.6 Å². The summed E-state index contributed by atoms with van der Waals surface area (Å²) in [5, 5.41) is 13.0. The molecule has 0 radical (unpaired) electrons. The third kappa shape index (κ3) is 4.84. The van der Waals surface area contributed by atoms with Crippen LogP contribution in [-0.2, 0) is 6.54 Å². The van der Waals surface area contributed by atoms with E-state index in [4.69, 9.17) is 0 Å². The number of aryl methyl sites for hydroxylation is 3. The molecular weight excluding hydrogens is 298 g/mol. The minimum atomic E-state index is -0.142. The molecular formula is C15H23N5OS. The Morgan fingerprint density at radius 3 is 2.86 bits per heavy atom. The van der Waals surface area contributed by atoms with Crippen LogP contribution in [0.25, 0.3) is 0 Å². The van der Waals surface area contributed by atoms with Crippen molar-refractivity contribution in [3.63, 3.8) is 0 Å². The first-order valence-electron chi connectivity index (χ1n) is 7.54. The fraction of sp³-hybridized carbons (Fsp3) is 0.533. The second kappa shape index (κ2) is 7.93. The number of carbonyl (C=O) groups excluding carboxylic acids is 1. The van der Waals surface area contributed by atoms with Crippen LogP contribution < -0.4 is 10.6 Å². The van der Waals surface area contributed by atoms with Crippen LogP contribution in [0.3, 0.4) is 0 Å². The van der Waals surface area contributed by atoms with Crippen molar-refractivity contribution in [2.45, 2.75) is 46.2 Å². The van der Waals surface area contributed by atoms with Gasteiger partial charge in [-0.1, -0.05) is 6.92 Å². The van der Waals surface area contributed by atoms with Crippen molar-refractivity contribution in [2.75, 3.05) is 6.54 Å². The van der Waals surface area contributed by atoms with Gasteiger partial charge in [-0.2, -0.15) is 5.10 Å². The first-order chi connectivity index (χ1) is 10.6. The molecule has 2 heterocycles. The molecule has 7 heteroatoms. The highest BCUT2D eigenvalue weighted by Gasteiger charge is 2.15. The molecule has 0 bridgehead atoms. The molecule has 2 aromatic heterocycles. The summed E-state index contributed by atoms with van der Waals surface area (Å²) in [7, 11) is 0. The Bertz CT molecular complexity index is 607. The summed E-state index contributed by atoms with van der Waals surface area (Å²) in [5.41, 5.74) is 2.14. The van der Waals surface area contributed by atoms with E-state index in [0.29, 0.717) is 6.54 Å². The quantitative estimate of drug-likeness (QED) is 0.770. The number of thiazole rings is 1. The van der Waals surface area contributed by atoms with Gasteiger partial charge in [-0.05, 0) is 32.3 Å². The molecule has 6 nitrogen and oxygen atoms in total. The Morgan fingerprint density at radius 2 is 2.27 bits per heavy atom. The lowest BCUT2D eigenvalue weighted by molar-refractivity contribution is 0.236. The Labute approximate surface area is 135 Å². The molecule has 0 aliphatic heterocycles. The van der Waals surface area contributed by atoms with Crippen LogP contribution in [0, 0.1) is 13.8 Å². The van der Waals surface area contributed by atoms with E-state index in [9.17, 15) is 4.79 Å². The Morgan fingerprint density at radius 1 is 1.45 bits per heavy atom. The number of nitrogens with one attached hydrogen (secondary N) is 2. The van der Waals surface area contributed by atoms with Crippen molar-refractivity contribution in [1.82, 2.24) is 25.4 Å². The topological polar surface area (TPSA) is 71.8 Å². The maximum atomic E-state index is 11.9. The highest BCUT2D eigenvalue weighted by molar-refractivity contribution is 7.09. The first kappa shape index (κ1) is 16.5. The highest BCUT2D eigenvalue weighted by atomic mass is 32.1. The van der Waals surface area contributed by atoms with E-state index in [1.807, 2.05) is 43.2 Å². The van der Waals surface area contributed by atoms with E-state index in [0.717, 1.165) is 35.7 Å². The minimum Gasteiger partial charge on any atom is -0.338 e. The van der Waals surface area contributed by atoms with Crippen molar-refractivity contribution in [3.8, 4) is 0 Å². The van der Waals surface area contributed by atoms with Gasteiger partial charge in [0.05, 0.1) is 12.2 Å². The fourth-order valence-corrected chi connectivity index (χ4v) is 3.04. The largest absolute Gasteiger partial charge is 0.338 e. The third-order valence-electron chi connectivity index (χ3n) is 3.26. The van der Waals surface area contributed by atoms with E-state index in [1.54, 1.807) is 11.3 Å². The van der Waals surface area contributed by atoms with Crippen molar-refractivity contribution in [1.29, 1.82) is 0 Å². The fourth-order valence-electron chi connectivity index (χ4n) is 2.11. The number of hydrogen-bond acceptors (Lipinski definition) is 4. The summed E-state index contributed by atoms with van der Waals surface area (Å²) in [6.45, 7) is 7.45. The molecule has 0 aliphatic carbocycles. The molecule has 0 fully saturated rings. The summed E-state index contributed by atoms with van der Waals surface area (Å²) >= 11 is 1.59. The maximum Gasteiger partial charge on any atom is 0.315 e. The number of urea groups is 1. The van der Waals surface area contributed by atoms with Crippen LogP contribution in [0.15, 0.2) is 17.8 Å². The number of amides is 2. The van der Waals surface area contributed by atoms with Gasteiger partial charge >= 0.3 is 6.03 Å². The molecule has 0 aromatic carbocycles. The second-order valence-corrected chi connectivity index (χ2v) is 6.21. The lowest BCUT2D eigenvalue weighted by Gasteiger charge is -2.15. The Hall–Kier alpha value is -1.89. The van der Waals surface area contributed by atoms with Gasteiger partial charge in [0, 0.05) is 30.4 Å². The summed E-state index contributed by atoms with van der Waals surface area (Å²) in [6, 6.07) is -0.163. The van der Waals surface area contributed by atoms with Crippen molar-refractivity contribution < 1.29 is 4.79 Å². The van der Waals surface area contributed by atoms with Gasteiger partial charge in [-0.25, -0.2) is 9.78 Å². The second-order valence-electron chi connectivity index (χ2n) is 5.32. The summed E-state index contributed by atoms with van der Waals surface area (Å²) in [4.78, 5) is 16.4. The zero-order valence-corrected chi connectivity index (χ0v) is 14.1. The number of hydrogen-bond donors (Lipinski definition) is 2. The lowest BCUT2D eigenvalue weighted by Crippen LogP contribution is -2.38. The number of aromatic nitrogens is 3. The molecule has 0 spiro atoms. The van der Waals surface area contributed by atoms with E-state index in [1.165, 1.54) is 0 Å². The van der Waals surface area contributed by atoms with Crippen LogP contribution in [0.4, 0.5) is 4.79 Å². The SMILES string of the molecule is CCC(NC(=O)NCCCn1cc(C)cn1)c1nc(C)cs1. The predicted octanol–water partition coefficient (Wildman–Crippen LogP) is 2.80. The van der Waals surface area contributed by atoms with E-state index < -0.39 is 0 Å². The molecule has 22 heavy (non-hydrogen) atoms. The molecule has 120 valence electrons. The summed E-state index contributed by atoms with van der Waals surface area (Å²) < 4.78 is 1.89. The zero-order valence-electron chi connectivity index (χ0n) is 13.3. The number of carbonyl (C=O) groups is 1. The van der Waals surface area contributed by atoms with Crippen LogP contribution in [-0.4, -0.2) is 27.3 Å². The Kier molecular flexibility index (Phi) is 5.94. The van der Waals surface area contributed by atoms with Crippen molar-refractivity contribution >= 4 is 17.4 Å². The van der Waals surface area contributed by atoms with Gasteiger partial charge in [0.1, 0.15) is 5.01 Å². The zero-order chi connectivity index (χ0) is 15.9. The van der Waals surface area contributed by atoms with Gasteiger partial charge in [0.15, 0.2) is 0 Å². The predicted molar refractivity (Wildman–Crippen MR) is 88.0 cm³/mol. The number of rotatable bonds is 7. The van der Waals surface area contributed by atoms with Crippen molar-refractivity contribution in [2.24, 2.45) is 0 Å². The van der Waals surface area contributed by atoms with E-state index in [-0.39, 0.29) is 12.1 Å². The molecule has 0 aliphatic rings. The molecule has 2 aromatic rings. The molecule has 0 saturated carbocycles. The standard InChI is InChI=1S/C15H23N5OS/c1-4-13(14-18-12(3)10-22-14)19-15(21)16-6-5-7-20-9-11(2)8-17-20/h8-10,13H,4-7H2,1-3H3,(H2,16,19,21). The maximum absolute atomic E-state index is 11.9. The van der Waals surface area contributed by atoms with Gasteiger partial charge in [-0.15, -0.1) is 11.3 Å². The van der Waals surface area contributed by atoms with Crippen LogP contribution >= 0.6 is 11.3 Å². The smallest absolute Gasteiger partial charge is 0.315 e. The Balaban J connectivity index is 1.70. The number of nitrogens with zero attached hydrogens (tertiary/aromatic N) is 3. The first-order valence-corrected chi connectivity index (χ1v) is 8.42. The van der Waals surface area contributed by atoms with Gasteiger partial charge in [0.2, 0.25) is 0 Å². The monoisotopic (exact) mass is 321 g/mol. The summed E-state index contributed by atoms with van der Waals surface area (Å²) in [6.07, 6.45) is 5.51. The molecule has 2 N–H and O–H groups in total. The van der Waals surface area contributed by atoms with Crippen LogP contribution in [0.2, 0.25) is 0 Å². The molecule has 1 unspecified atom stereocenters. The van der Waals surface area contributed by atoms with Crippen molar-refractivity contribution in [3.05, 3.63) is 34.0 Å². The molecule has 1 atom stereocenters. The average Bonchev–Trinajstić information content (AvgIpc) is 3.10. The van der Waals surface area contributed by atoms with Gasteiger partial charge in [0.25, 0.3) is 0 Å². The highest BCUT2D eigenvalue weighted by Crippen LogP contribution is 2.20. The van der Waals surface area contributed by atoms with Crippen LogP contribution in [0.1, 0.15) is 42.1 Å².